The highest BCUT2D eigenvalue weighted by atomic mass is 35.5. The highest BCUT2D eigenvalue weighted by Gasteiger charge is 2.25. The van der Waals surface area contributed by atoms with E-state index >= 15 is 0 Å². The molecule has 2 N–H and O–H groups in total. The Balaban J connectivity index is 1.86. The van der Waals surface area contributed by atoms with Crippen LogP contribution in [0, 0.1) is 5.82 Å². The molecule has 9 nitrogen and oxygen atoms in total. The number of urea groups is 1. The fourth-order valence-corrected chi connectivity index (χ4v) is 3.86. The fraction of sp³-hybridized carbons (Fsp3) is 0.143. The van der Waals surface area contributed by atoms with Crippen LogP contribution in [0.5, 0.6) is 0 Å². The Morgan fingerprint density at radius 1 is 1.15 bits per heavy atom. The lowest BCUT2D eigenvalue weighted by Crippen LogP contribution is -2.42. The van der Waals surface area contributed by atoms with E-state index in [9.17, 15) is 28.7 Å². The summed E-state index contributed by atoms with van der Waals surface area (Å²) in [5, 5.41) is 12.3. The molecule has 12 heteroatoms. The van der Waals surface area contributed by atoms with Gasteiger partial charge in [-0.15, -0.1) is 0 Å². The molecule has 0 aliphatic carbocycles. The number of nitrogens with zero attached hydrogens (tertiary/aromatic N) is 3. The number of carboxylic acids is 1. The summed E-state index contributed by atoms with van der Waals surface area (Å²) in [6, 6.07) is 7.79. The zero-order chi connectivity index (χ0) is 23.9. The SMILES string of the molecule is O=C(O)c1cn(-c2ccc(N3CCNC3=O)c(F)c2)c(=O)n(Cc2cccc(Cl)c2Cl)c1=O. The van der Waals surface area contributed by atoms with Crippen LogP contribution < -0.4 is 21.5 Å². The first-order valence-corrected chi connectivity index (χ1v) is 10.3. The van der Waals surface area contributed by atoms with Crippen LogP contribution in [0.2, 0.25) is 10.0 Å². The number of aromatic carboxylic acids is 1. The molecule has 1 aliphatic rings. The van der Waals surface area contributed by atoms with E-state index in [1.807, 2.05) is 0 Å². The largest absolute Gasteiger partial charge is 0.477 e. The van der Waals surface area contributed by atoms with Crippen molar-refractivity contribution >= 4 is 40.9 Å². The molecule has 2 amide bonds. The lowest BCUT2D eigenvalue weighted by atomic mass is 10.2. The van der Waals surface area contributed by atoms with Gasteiger partial charge in [-0.1, -0.05) is 35.3 Å². The average Bonchev–Trinajstić information content (AvgIpc) is 3.19. The molecule has 4 rings (SSSR count). The number of carbonyl (C=O) groups is 2. The number of carboxylic acid groups (broad SMARTS) is 1. The van der Waals surface area contributed by atoms with Crippen LogP contribution in [0.3, 0.4) is 0 Å². The Morgan fingerprint density at radius 2 is 1.91 bits per heavy atom. The summed E-state index contributed by atoms with van der Waals surface area (Å²) >= 11 is 12.2. The highest BCUT2D eigenvalue weighted by molar-refractivity contribution is 6.42. The molecule has 0 bridgehead atoms. The molecular formula is C21H15Cl2FN4O5. The third kappa shape index (κ3) is 4.10. The van der Waals surface area contributed by atoms with Crippen LogP contribution in [0.25, 0.3) is 5.69 Å². The molecule has 170 valence electrons. The van der Waals surface area contributed by atoms with Gasteiger partial charge in [-0.25, -0.2) is 18.8 Å². The normalized spacial score (nSPS) is 13.3. The maximum atomic E-state index is 14.8. The number of benzene rings is 2. The van der Waals surface area contributed by atoms with E-state index in [0.29, 0.717) is 16.7 Å². The van der Waals surface area contributed by atoms with Gasteiger partial charge in [0.2, 0.25) is 0 Å². The van der Waals surface area contributed by atoms with Crippen LogP contribution in [0.4, 0.5) is 14.9 Å². The van der Waals surface area contributed by atoms with Crippen molar-refractivity contribution in [3.63, 3.8) is 0 Å². The lowest BCUT2D eigenvalue weighted by molar-refractivity contribution is 0.0693. The van der Waals surface area contributed by atoms with Gasteiger partial charge >= 0.3 is 17.7 Å². The Bertz CT molecular complexity index is 1420. The van der Waals surface area contributed by atoms with E-state index in [4.69, 9.17) is 23.2 Å². The molecule has 1 saturated heterocycles. The van der Waals surface area contributed by atoms with Gasteiger partial charge in [-0.2, -0.15) is 0 Å². The Labute approximate surface area is 195 Å². The van der Waals surface area contributed by atoms with Crippen molar-refractivity contribution < 1.29 is 19.1 Å². The zero-order valence-corrected chi connectivity index (χ0v) is 18.2. The topological polar surface area (TPSA) is 114 Å². The van der Waals surface area contributed by atoms with Gasteiger partial charge in [0, 0.05) is 25.4 Å². The fourth-order valence-electron chi connectivity index (χ4n) is 3.48. The second-order valence-corrected chi connectivity index (χ2v) is 7.91. The molecule has 1 aromatic heterocycles. The molecule has 1 aliphatic heterocycles. The van der Waals surface area contributed by atoms with E-state index in [-0.39, 0.29) is 34.5 Å². The zero-order valence-electron chi connectivity index (χ0n) is 16.7. The van der Waals surface area contributed by atoms with Crippen LogP contribution in [-0.4, -0.2) is 39.3 Å². The van der Waals surface area contributed by atoms with Crippen molar-refractivity contribution in [1.29, 1.82) is 0 Å². The van der Waals surface area contributed by atoms with Gasteiger partial charge in [-0.05, 0) is 23.8 Å². The molecule has 0 radical (unpaired) electrons. The minimum Gasteiger partial charge on any atom is -0.477 e. The second kappa shape index (κ2) is 8.72. The summed E-state index contributed by atoms with van der Waals surface area (Å²) in [5.41, 5.74) is -2.37. The molecular weight excluding hydrogens is 478 g/mol. The van der Waals surface area contributed by atoms with Crippen molar-refractivity contribution in [3.8, 4) is 5.69 Å². The van der Waals surface area contributed by atoms with Crippen LogP contribution in [0.15, 0.2) is 52.2 Å². The van der Waals surface area contributed by atoms with Gasteiger partial charge in [0.25, 0.3) is 5.56 Å². The summed E-state index contributed by atoms with van der Waals surface area (Å²) < 4.78 is 16.4. The molecule has 0 atom stereocenters. The van der Waals surface area contributed by atoms with E-state index in [2.05, 4.69) is 5.32 Å². The van der Waals surface area contributed by atoms with E-state index in [1.54, 1.807) is 6.07 Å². The Morgan fingerprint density at radius 3 is 2.55 bits per heavy atom. The van der Waals surface area contributed by atoms with E-state index < -0.39 is 34.6 Å². The summed E-state index contributed by atoms with van der Waals surface area (Å²) in [7, 11) is 0. The number of carbonyl (C=O) groups excluding carboxylic acids is 1. The number of halogens is 3. The third-order valence-corrected chi connectivity index (χ3v) is 5.98. The monoisotopic (exact) mass is 492 g/mol. The predicted octanol–water partition coefficient (Wildman–Crippen LogP) is 2.72. The standard InChI is InChI=1S/C21H15Cl2FN4O5/c22-14-3-1-2-11(17(14)23)9-28-18(29)13(19(30)31)10-27(21(28)33)12-4-5-16(15(24)8-12)26-7-6-25-20(26)32/h1-5,8,10H,6-7,9H2,(H,25,32)(H,30,31). The van der Waals surface area contributed by atoms with Crippen molar-refractivity contribution in [1.82, 2.24) is 14.5 Å². The Kier molecular flexibility index (Phi) is 5.96. The molecule has 3 aromatic rings. The molecule has 0 saturated carbocycles. The molecule has 2 heterocycles. The van der Waals surface area contributed by atoms with Crippen molar-refractivity contribution in [2.24, 2.45) is 0 Å². The number of hydrogen-bond acceptors (Lipinski definition) is 4. The van der Waals surface area contributed by atoms with Crippen molar-refractivity contribution in [2.45, 2.75) is 6.54 Å². The van der Waals surface area contributed by atoms with Gasteiger partial charge in [-0.3, -0.25) is 18.8 Å². The Hall–Kier alpha value is -3.63. The minimum atomic E-state index is -1.56. The van der Waals surface area contributed by atoms with Crippen LogP contribution >= 0.6 is 23.2 Å². The number of amides is 2. The van der Waals surface area contributed by atoms with Crippen LogP contribution in [-0.2, 0) is 6.54 Å². The molecule has 0 unspecified atom stereocenters. The molecule has 33 heavy (non-hydrogen) atoms. The summed E-state index contributed by atoms with van der Waals surface area (Å²) in [4.78, 5) is 50.5. The molecule has 0 spiro atoms. The van der Waals surface area contributed by atoms with Gasteiger partial charge < -0.3 is 10.4 Å². The maximum Gasteiger partial charge on any atom is 0.342 e. The van der Waals surface area contributed by atoms with Crippen molar-refractivity contribution in [3.05, 3.63) is 90.4 Å². The summed E-state index contributed by atoms with van der Waals surface area (Å²) in [6.07, 6.45) is 0.833. The first-order chi connectivity index (χ1) is 15.7. The summed E-state index contributed by atoms with van der Waals surface area (Å²) in [6.45, 7) is 0.272. The quantitative estimate of drug-likeness (QED) is 0.568. The maximum absolute atomic E-state index is 14.8. The number of anilines is 1. The van der Waals surface area contributed by atoms with Crippen molar-refractivity contribution in [2.75, 3.05) is 18.0 Å². The third-order valence-electron chi connectivity index (χ3n) is 5.12. The van der Waals surface area contributed by atoms with Gasteiger partial charge in [0.1, 0.15) is 11.4 Å². The smallest absolute Gasteiger partial charge is 0.342 e. The second-order valence-electron chi connectivity index (χ2n) is 7.12. The lowest BCUT2D eigenvalue weighted by Gasteiger charge is -2.17. The van der Waals surface area contributed by atoms with Gasteiger partial charge in [0.05, 0.1) is 28.0 Å². The minimum absolute atomic E-state index is 0.000659. The average molecular weight is 493 g/mol. The highest BCUT2D eigenvalue weighted by Crippen LogP contribution is 2.26. The molecule has 2 aromatic carbocycles. The van der Waals surface area contributed by atoms with E-state index in [1.165, 1.54) is 29.2 Å². The number of nitrogens with one attached hydrogen (secondary N) is 1. The number of aromatic nitrogens is 2. The number of rotatable bonds is 5. The first kappa shape index (κ1) is 22.6. The van der Waals surface area contributed by atoms with Crippen LogP contribution in [0.1, 0.15) is 15.9 Å². The first-order valence-electron chi connectivity index (χ1n) is 9.57. The number of hydrogen-bond donors (Lipinski definition) is 2. The molecule has 1 fully saturated rings. The van der Waals surface area contributed by atoms with Gasteiger partial charge in [0.15, 0.2) is 0 Å². The van der Waals surface area contributed by atoms with E-state index in [0.717, 1.165) is 16.8 Å². The predicted molar refractivity (Wildman–Crippen MR) is 120 cm³/mol. The summed E-state index contributed by atoms with van der Waals surface area (Å²) in [5.74, 6) is -2.37.